The molecule has 0 aromatic carbocycles. The molecule has 1 fully saturated rings. The lowest BCUT2D eigenvalue weighted by Crippen LogP contribution is -2.51. The summed E-state index contributed by atoms with van der Waals surface area (Å²) in [5.41, 5.74) is 6.11. The number of nitrogens with zero attached hydrogens (tertiary/aromatic N) is 1. The monoisotopic (exact) mass is 226 g/mol. The predicted molar refractivity (Wildman–Crippen MR) is 67.1 cm³/mol. The van der Waals surface area contributed by atoms with Crippen LogP contribution >= 0.6 is 0 Å². The first-order chi connectivity index (χ1) is 7.61. The van der Waals surface area contributed by atoms with Crippen molar-refractivity contribution in [1.29, 1.82) is 0 Å². The van der Waals surface area contributed by atoms with Gasteiger partial charge in [-0.25, -0.2) is 0 Å². The van der Waals surface area contributed by atoms with Crippen LogP contribution in [0, 0.1) is 5.92 Å². The van der Waals surface area contributed by atoms with Crippen LogP contribution in [0.15, 0.2) is 0 Å². The number of hydrogen-bond acceptors (Lipinski definition) is 2. The highest BCUT2D eigenvalue weighted by molar-refractivity contribution is 5.78. The molecule has 1 rings (SSSR count). The van der Waals surface area contributed by atoms with Gasteiger partial charge in [0.25, 0.3) is 0 Å². The van der Waals surface area contributed by atoms with E-state index in [1.807, 2.05) is 11.9 Å². The van der Waals surface area contributed by atoms with Gasteiger partial charge in [-0.05, 0) is 25.7 Å². The Kier molecular flexibility index (Phi) is 5.26. The fourth-order valence-corrected chi connectivity index (χ4v) is 2.71. The van der Waals surface area contributed by atoms with Crippen LogP contribution < -0.4 is 5.73 Å². The second-order valence-corrected chi connectivity index (χ2v) is 4.98. The molecule has 0 aromatic rings. The summed E-state index contributed by atoms with van der Waals surface area (Å²) in [5, 5.41) is 0. The largest absolute Gasteiger partial charge is 0.341 e. The SMILES string of the molecule is CCC(CC)C(=O)N(C)C1CCCCC1N. The minimum atomic E-state index is 0.178. The third kappa shape index (κ3) is 2.97. The lowest BCUT2D eigenvalue weighted by Gasteiger charge is -2.37. The molecule has 0 aromatic heterocycles. The molecule has 0 bridgehead atoms. The molecule has 0 aliphatic heterocycles. The van der Waals surface area contributed by atoms with Crippen LogP contribution in [0.5, 0.6) is 0 Å². The van der Waals surface area contributed by atoms with Gasteiger partial charge in [-0.2, -0.15) is 0 Å². The third-order valence-corrected chi connectivity index (χ3v) is 3.96. The Morgan fingerprint density at radius 3 is 2.38 bits per heavy atom. The van der Waals surface area contributed by atoms with Gasteiger partial charge in [-0.15, -0.1) is 0 Å². The van der Waals surface area contributed by atoms with Crippen molar-refractivity contribution in [2.45, 2.75) is 64.5 Å². The normalized spacial score (nSPS) is 25.8. The number of amides is 1. The van der Waals surface area contributed by atoms with E-state index in [1.54, 1.807) is 0 Å². The van der Waals surface area contributed by atoms with Gasteiger partial charge in [0.2, 0.25) is 5.91 Å². The summed E-state index contributed by atoms with van der Waals surface area (Å²) in [6.07, 6.45) is 6.42. The Morgan fingerprint density at radius 2 is 1.88 bits per heavy atom. The van der Waals surface area contributed by atoms with E-state index >= 15 is 0 Å². The fourth-order valence-electron chi connectivity index (χ4n) is 2.71. The van der Waals surface area contributed by atoms with Gasteiger partial charge >= 0.3 is 0 Å². The highest BCUT2D eigenvalue weighted by Gasteiger charge is 2.30. The molecule has 1 amide bonds. The lowest BCUT2D eigenvalue weighted by molar-refractivity contribution is -0.137. The molecule has 2 atom stereocenters. The minimum Gasteiger partial charge on any atom is -0.341 e. The van der Waals surface area contributed by atoms with Crippen LogP contribution in [0.4, 0.5) is 0 Å². The van der Waals surface area contributed by atoms with Crippen molar-refractivity contribution in [3.8, 4) is 0 Å². The van der Waals surface area contributed by atoms with Crippen molar-refractivity contribution in [3.63, 3.8) is 0 Å². The first-order valence-electron chi connectivity index (χ1n) is 6.64. The summed E-state index contributed by atoms with van der Waals surface area (Å²) in [5.74, 6) is 0.464. The number of nitrogens with two attached hydrogens (primary N) is 1. The number of carbonyl (C=O) groups excluding carboxylic acids is 1. The smallest absolute Gasteiger partial charge is 0.225 e. The minimum absolute atomic E-state index is 0.178. The van der Waals surface area contributed by atoms with Gasteiger partial charge in [0.1, 0.15) is 0 Å². The highest BCUT2D eigenvalue weighted by Crippen LogP contribution is 2.23. The molecule has 0 saturated heterocycles. The molecule has 3 heteroatoms. The molecule has 94 valence electrons. The number of hydrogen-bond donors (Lipinski definition) is 1. The van der Waals surface area contributed by atoms with Gasteiger partial charge in [0, 0.05) is 25.0 Å². The van der Waals surface area contributed by atoms with E-state index in [0.717, 1.165) is 25.7 Å². The quantitative estimate of drug-likeness (QED) is 0.798. The molecule has 1 aliphatic carbocycles. The van der Waals surface area contributed by atoms with E-state index in [9.17, 15) is 4.79 Å². The summed E-state index contributed by atoms with van der Waals surface area (Å²) in [7, 11) is 1.93. The fraction of sp³-hybridized carbons (Fsp3) is 0.923. The zero-order chi connectivity index (χ0) is 12.1. The summed E-state index contributed by atoms with van der Waals surface area (Å²) in [6, 6.07) is 0.443. The second kappa shape index (κ2) is 6.24. The van der Waals surface area contributed by atoms with E-state index in [4.69, 9.17) is 5.73 Å². The third-order valence-electron chi connectivity index (χ3n) is 3.96. The maximum atomic E-state index is 12.2. The van der Waals surface area contributed by atoms with Crippen molar-refractivity contribution >= 4 is 5.91 Å². The average molecular weight is 226 g/mol. The van der Waals surface area contributed by atoms with Crippen molar-refractivity contribution in [1.82, 2.24) is 4.90 Å². The van der Waals surface area contributed by atoms with E-state index in [-0.39, 0.29) is 23.9 Å². The number of rotatable bonds is 4. The summed E-state index contributed by atoms with van der Waals surface area (Å²) >= 11 is 0. The standard InChI is InChI=1S/C13H26N2O/c1-4-10(5-2)13(16)15(3)12-9-7-6-8-11(12)14/h10-12H,4-9,14H2,1-3H3. The van der Waals surface area contributed by atoms with Crippen LogP contribution in [-0.4, -0.2) is 29.9 Å². The topological polar surface area (TPSA) is 46.3 Å². The molecule has 3 nitrogen and oxygen atoms in total. The molecule has 0 heterocycles. The maximum Gasteiger partial charge on any atom is 0.225 e. The number of likely N-dealkylation sites (N-methyl/N-ethyl adjacent to an activating group) is 1. The Bertz CT molecular complexity index is 226. The molecule has 1 aliphatic rings. The van der Waals surface area contributed by atoms with Gasteiger partial charge in [-0.1, -0.05) is 26.7 Å². The summed E-state index contributed by atoms with van der Waals surface area (Å²) < 4.78 is 0. The predicted octanol–water partition coefficient (Wildman–Crippen LogP) is 2.15. The van der Waals surface area contributed by atoms with Crippen LogP contribution in [0.1, 0.15) is 52.4 Å². The first kappa shape index (κ1) is 13.5. The van der Waals surface area contributed by atoms with E-state index in [0.29, 0.717) is 0 Å². The van der Waals surface area contributed by atoms with Gasteiger partial charge < -0.3 is 10.6 Å². The van der Waals surface area contributed by atoms with E-state index in [1.165, 1.54) is 12.8 Å². The van der Waals surface area contributed by atoms with E-state index < -0.39 is 0 Å². The van der Waals surface area contributed by atoms with Gasteiger partial charge in [0.05, 0.1) is 0 Å². The number of carbonyl (C=O) groups is 1. The van der Waals surface area contributed by atoms with E-state index in [2.05, 4.69) is 13.8 Å². The van der Waals surface area contributed by atoms with Crippen molar-refractivity contribution < 1.29 is 4.79 Å². The van der Waals surface area contributed by atoms with Crippen molar-refractivity contribution in [2.75, 3.05) is 7.05 Å². The molecule has 2 N–H and O–H groups in total. The summed E-state index contributed by atoms with van der Waals surface area (Å²) in [6.45, 7) is 4.17. The summed E-state index contributed by atoms with van der Waals surface area (Å²) in [4.78, 5) is 14.1. The Balaban J connectivity index is 2.60. The Labute approximate surface area is 99.4 Å². The zero-order valence-electron chi connectivity index (χ0n) is 10.9. The molecule has 0 spiro atoms. The first-order valence-corrected chi connectivity index (χ1v) is 6.64. The molecular weight excluding hydrogens is 200 g/mol. The molecular formula is C13H26N2O. The molecule has 0 radical (unpaired) electrons. The zero-order valence-corrected chi connectivity index (χ0v) is 10.9. The van der Waals surface area contributed by atoms with Gasteiger partial charge in [-0.3, -0.25) is 4.79 Å². The van der Waals surface area contributed by atoms with Crippen molar-refractivity contribution in [3.05, 3.63) is 0 Å². The lowest BCUT2D eigenvalue weighted by atomic mass is 9.89. The van der Waals surface area contributed by atoms with Gasteiger partial charge in [0.15, 0.2) is 0 Å². The van der Waals surface area contributed by atoms with Crippen LogP contribution in [-0.2, 0) is 4.79 Å². The average Bonchev–Trinajstić information content (AvgIpc) is 2.30. The van der Waals surface area contributed by atoms with Crippen LogP contribution in [0.2, 0.25) is 0 Å². The Morgan fingerprint density at radius 1 is 1.31 bits per heavy atom. The van der Waals surface area contributed by atoms with Crippen LogP contribution in [0.25, 0.3) is 0 Å². The Hall–Kier alpha value is -0.570. The van der Waals surface area contributed by atoms with Crippen LogP contribution in [0.3, 0.4) is 0 Å². The molecule has 2 unspecified atom stereocenters. The molecule has 16 heavy (non-hydrogen) atoms. The van der Waals surface area contributed by atoms with Crippen molar-refractivity contribution in [2.24, 2.45) is 11.7 Å². The highest BCUT2D eigenvalue weighted by atomic mass is 16.2. The molecule has 1 saturated carbocycles. The second-order valence-electron chi connectivity index (χ2n) is 4.98. The maximum absolute atomic E-state index is 12.2.